The van der Waals surface area contributed by atoms with E-state index in [1.165, 1.54) is 7.11 Å². The first-order valence-corrected chi connectivity index (χ1v) is 8.06. The number of hydrogen-bond donors (Lipinski definition) is 2. The summed E-state index contributed by atoms with van der Waals surface area (Å²) in [6, 6.07) is 7.22. The highest BCUT2D eigenvalue weighted by atomic mass is 35.5. The minimum Gasteiger partial charge on any atom is -0.494 e. The third-order valence-electron chi connectivity index (χ3n) is 3.65. The minimum absolute atomic E-state index is 0. The van der Waals surface area contributed by atoms with Gasteiger partial charge >= 0.3 is 5.97 Å². The van der Waals surface area contributed by atoms with Crippen LogP contribution >= 0.6 is 12.4 Å². The lowest BCUT2D eigenvalue weighted by molar-refractivity contribution is -0.140. The fraction of sp³-hybridized carbons (Fsp3) is 0.529. The van der Waals surface area contributed by atoms with E-state index in [0.717, 1.165) is 11.3 Å². The van der Waals surface area contributed by atoms with Crippen LogP contribution in [0.3, 0.4) is 0 Å². The summed E-state index contributed by atoms with van der Waals surface area (Å²) in [4.78, 5) is 23.0. The van der Waals surface area contributed by atoms with Gasteiger partial charge in [0.1, 0.15) is 11.8 Å². The van der Waals surface area contributed by atoms with Crippen molar-refractivity contribution in [1.29, 1.82) is 0 Å². The van der Waals surface area contributed by atoms with Crippen LogP contribution < -0.4 is 15.4 Å². The van der Waals surface area contributed by atoms with E-state index in [4.69, 9.17) is 9.47 Å². The van der Waals surface area contributed by atoms with Crippen molar-refractivity contribution in [3.8, 4) is 5.75 Å². The molecule has 0 aromatic heterocycles. The lowest BCUT2D eigenvalue weighted by Crippen LogP contribution is -2.51. The summed E-state index contributed by atoms with van der Waals surface area (Å²) >= 11 is 0. The summed E-state index contributed by atoms with van der Waals surface area (Å²) in [6.45, 7) is 2.66. The van der Waals surface area contributed by atoms with Crippen LogP contribution in [0.25, 0.3) is 0 Å². The van der Waals surface area contributed by atoms with Gasteiger partial charge in [0, 0.05) is 19.5 Å². The van der Waals surface area contributed by atoms with Crippen molar-refractivity contribution >= 4 is 24.3 Å². The minimum atomic E-state index is -0.281. The standard InChI is InChI=1S/C17H24N2O5.ClH/c1-22-16(20)3-2-9-24-14-6-4-13(5-7-14)11-19-17(21)15-12-23-10-8-18-15;/h4-7,15,18H,2-3,8-12H2,1H3,(H,19,21);1H. The van der Waals surface area contributed by atoms with Gasteiger partial charge in [-0.3, -0.25) is 9.59 Å². The Hall–Kier alpha value is -1.83. The fourth-order valence-corrected chi connectivity index (χ4v) is 2.26. The van der Waals surface area contributed by atoms with Gasteiger partial charge in [-0.05, 0) is 24.1 Å². The van der Waals surface area contributed by atoms with Crippen molar-refractivity contribution < 1.29 is 23.8 Å². The Kier molecular flexibility index (Phi) is 9.91. The van der Waals surface area contributed by atoms with Crippen LogP contribution in [0.15, 0.2) is 24.3 Å². The maximum atomic E-state index is 12.0. The van der Waals surface area contributed by atoms with Gasteiger partial charge < -0.3 is 24.8 Å². The molecule has 2 rings (SSSR count). The number of hydrogen-bond acceptors (Lipinski definition) is 6. The summed E-state index contributed by atoms with van der Waals surface area (Å²) in [6.07, 6.45) is 0.959. The average molecular weight is 373 g/mol. The number of amides is 1. The molecule has 1 aliphatic rings. The molecule has 1 saturated heterocycles. The molecule has 1 atom stereocenters. The molecule has 1 aromatic rings. The number of esters is 1. The Morgan fingerprint density at radius 2 is 2.08 bits per heavy atom. The molecule has 25 heavy (non-hydrogen) atoms. The Morgan fingerprint density at radius 1 is 1.32 bits per heavy atom. The molecule has 0 bridgehead atoms. The predicted molar refractivity (Wildman–Crippen MR) is 94.9 cm³/mol. The van der Waals surface area contributed by atoms with Gasteiger partial charge in [-0.1, -0.05) is 12.1 Å². The number of nitrogens with one attached hydrogen (secondary N) is 2. The maximum absolute atomic E-state index is 12.0. The second kappa shape index (κ2) is 11.7. The number of halogens is 1. The Bertz CT molecular complexity index is 532. The number of rotatable bonds is 8. The van der Waals surface area contributed by atoms with Gasteiger partial charge in [-0.25, -0.2) is 0 Å². The summed E-state index contributed by atoms with van der Waals surface area (Å²) in [5.41, 5.74) is 0.988. The number of morpholine rings is 1. The average Bonchev–Trinajstić information content (AvgIpc) is 2.64. The highest BCUT2D eigenvalue weighted by molar-refractivity contribution is 5.85. The molecule has 140 valence electrons. The molecule has 1 amide bonds. The van der Waals surface area contributed by atoms with Crippen molar-refractivity contribution in [2.24, 2.45) is 0 Å². The SMILES string of the molecule is COC(=O)CCCOc1ccc(CNC(=O)C2COCCN2)cc1.Cl. The van der Waals surface area contributed by atoms with Gasteiger partial charge in [0.25, 0.3) is 0 Å². The van der Waals surface area contributed by atoms with E-state index in [9.17, 15) is 9.59 Å². The Labute approximate surface area is 153 Å². The van der Waals surface area contributed by atoms with Gasteiger partial charge in [0.15, 0.2) is 0 Å². The summed E-state index contributed by atoms with van der Waals surface area (Å²) in [7, 11) is 1.37. The van der Waals surface area contributed by atoms with Crippen molar-refractivity contribution in [1.82, 2.24) is 10.6 Å². The number of carbonyl (C=O) groups excluding carboxylic acids is 2. The molecule has 0 aliphatic carbocycles. The smallest absolute Gasteiger partial charge is 0.305 e. The lowest BCUT2D eigenvalue weighted by Gasteiger charge is -2.22. The summed E-state index contributed by atoms with van der Waals surface area (Å²) in [5, 5.41) is 6.00. The van der Waals surface area contributed by atoms with Crippen molar-refractivity contribution in [3.05, 3.63) is 29.8 Å². The van der Waals surface area contributed by atoms with E-state index in [-0.39, 0.29) is 30.3 Å². The van der Waals surface area contributed by atoms with E-state index in [2.05, 4.69) is 15.4 Å². The first kappa shape index (κ1) is 21.2. The van der Waals surface area contributed by atoms with Crippen LogP contribution in [-0.2, 0) is 25.6 Å². The topological polar surface area (TPSA) is 85.9 Å². The zero-order valence-corrected chi connectivity index (χ0v) is 15.1. The second-order valence-electron chi connectivity index (χ2n) is 5.47. The van der Waals surface area contributed by atoms with Crippen LogP contribution in [-0.4, -0.2) is 51.4 Å². The Balaban J connectivity index is 0.00000312. The first-order chi connectivity index (χ1) is 11.7. The molecule has 1 unspecified atom stereocenters. The van der Waals surface area contributed by atoms with Gasteiger partial charge in [0.2, 0.25) is 5.91 Å². The highest BCUT2D eigenvalue weighted by Crippen LogP contribution is 2.12. The normalized spacial score (nSPS) is 16.4. The second-order valence-corrected chi connectivity index (χ2v) is 5.47. The van der Waals surface area contributed by atoms with E-state index in [1.807, 2.05) is 24.3 Å². The molecule has 1 aromatic carbocycles. The van der Waals surface area contributed by atoms with Crippen molar-refractivity contribution in [2.45, 2.75) is 25.4 Å². The molecule has 1 fully saturated rings. The van der Waals surface area contributed by atoms with E-state index in [0.29, 0.717) is 45.8 Å². The highest BCUT2D eigenvalue weighted by Gasteiger charge is 2.20. The third kappa shape index (κ3) is 7.72. The molecule has 2 N–H and O–H groups in total. The van der Waals surface area contributed by atoms with E-state index >= 15 is 0 Å². The molecule has 8 heteroatoms. The number of benzene rings is 1. The first-order valence-electron chi connectivity index (χ1n) is 8.06. The monoisotopic (exact) mass is 372 g/mol. The van der Waals surface area contributed by atoms with Gasteiger partial charge in [-0.2, -0.15) is 0 Å². The van der Waals surface area contributed by atoms with Crippen LogP contribution in [0.1, 0.15) is 18.4 Å². The van der Waals surface area contributed by atoms with Crippen LogP contribution in [0.4, 0.5) is 0 Å². The summed E-state index contributed by atoms with van der Waals surface area (Å²) < 4.78 is 15.4. The molecule has 1 heterocycles. The van der Waals surface area contributed by atoms with Gasteiger partial charge in [0.05, 0.1) is 26.9 Å². The fourth-order valence-electron chi connectivity index (χ4n) is 2.26. The molecule has 7 nitrogen and oxygen atoms in total. The zero-order valence-electron chi connectivity index (χ0n) is 14.3. The molecule has 0 spiro atoms. The predicted octanol–water partition coefficient (Wildman–Crippen LogP) is 1.04. The largest absolute Gasteiger partial charge is 0.494 e. The molecular weight excluding hydrogens is 348 g/mol. The third-order valence-corrected chi connectivity index (χ3v) is 3.65. The van der Waals surface area contributed by atoms with Gasteiger partial charge in [-0.15, -0.1) is 12.4 Å². The van der Waals surface area contributed by atoms with Crippen LogP contribution in [0.2, 0.25) is 0 Å². The number of carbonyl (C=O) groups is 2. The summed E-state index contributed by atoms with van der Waals surface area (Å²) in [5.74, 6) is 0.442. The van der Waals surface area contributed by atoms with Crippen molar-refractivity contribution in [2.75, 3.05) is 33.5 Å². The molecule has 1 aliphatic heterocycles. The van der Waals surface area contributed by atoms with E-state index < -0.39 is 0 Å². The number of methoxy groups -OCH3 is 1. The van der Waals surface area contributed by atoms with E-state index in [1.54, 1.807) is 0 Å². The maximum Gasteiger partial charge on any atom is 0.305 e. The number of ether oxygens (including phenoxy) is 3. The van der Waals surface area contributed by atoms with Crippen molar-refractivity contribution in [3.63, 3.8) is 0 Å². The molecule has 0 saturated carbocycles. The molecular formula is C17H25ClN2O5. The molecule has 0 radical (unpaired) electrons. The van der Waals surface area contributed by atoms with Crippen LogP contribution in [0, 0.1) is 0 Å². The quantitative estimate of drug-likeness (QED) is 0.524. The zero-order chi connectivity index (χ0) is 17.2. The lowest BCUT2D eigenvalue weighted by atomic mass is 10.2. The Morgan fingerprint density at radius 3 is 2.72 bits per heavy atom. The van der Waals surface area contributed by atoms with Crippen LogP contribution in [0.5, 0.6) is 5.75 Å².